The molecule has 0 saturated carbocycles. The van der Waals surface area contributed by atoms with Crippen LogP contribution in [0.5, 0.6) is 5.75 Å². The summed E-state index contributed by atoms with van der Waals surface area (Å²) < 4.78 is 9.95. The van der Waals surface area contributed by atoms with Crippen LogP contribution in [-0.2, 0) is 9.53 Å². The monoisotopic (exact) mass is 235 g/mol. The summed E-state index contributed by atoms with van der Waals surface area (Å²) in [7, 11) is 3.08. The summed E-state index contributed by atoms with van der Waals surface area (Å²) in [6.07, 6.45) is 0. The predicted molar refractivity (Wildman–Crippen MR) is 64.1 cm³/mol. The van der Waals surface area contributed by atoms with Crippen LogP contribution in [0.1, 0.15) is 11.5 Å². The molecule has 1 fully saturated rings. The van der Waals surface area contributed by atoms with Crippen molar-refractivity contribution >= 4 is 5.97 Å². The Hall–Kier alpha value is -1.55. The lowest BCUT2D eigenvalue weighted by Crippen LogP contribution is -2.22. The molecule has 0 bridgehead atoms. The number of nitrogens with one attached hydrogen (secondary N) is 1. The molecule has 2 atom stereocenters. The summed E-state index contributed by atoms with van der Waals surface area (Å²) in [6.45, 7) is 1.50. The van der Waals surface area contributed by atoms with Gasteiger partial charge in [-0.25, -0.2) is 0 Å². The van der Waals surface area contributed by atoms with Crippen LogP contribution in [0.25, 0.3) is 0 Å². The van der Waals surface area contributed by atoms with Gasteiger partial charge < -0.3 is 14.8 Å². The smallest absolute Gasteiger partial charge is 0.310 e. The SMILES string of the molecule is COC(=O)[C@@H]1CNC[C@@H]1c1ccc(OC)cc1. The van der Waals surface area contributed by atoms with Gasteiger partial charge in [0.1, 0.15) is 5.75 Å². The molecule has 0 aromatic heterocycles. The Morgan fingerprint density at radius 1 is 1.24 bits per heavy atom. The highest BCUT2D eigenvalue weighted by atomic mass is 16.5. The van der Waals surface area contributed by atoms with Crippen LogP contribution >= 0.6 is 0 Å². The van der Waals surface area contributed by atoms with Crippen LogP contribution in [0.2, 0.25) is 0 Å². The summed E-state index contributed by atoms with van der Waals surface area (Å²) >= 11 is 0. The molecule has 1 N–H and O–H groups in total. The van der Waals surface area contributed by atoms with Gasteiger partial charge in [0.25, 0.3) is 0 Å². The molecule has 1 heterocycles. The van der Waals surface area contributed by atoms with E-state index in [9.17, 15) is 4.79 Å². The molecule has 1 saturated heterocycles. The molecule has 0 amide bonds. The topological polar surface area (TPSA) is 47.6 Å². The van der Waals surface area contributed by atoms with E-state index in [1.165, 1.54) is 7.11 Å². The molecule has 0 unspecified atom stereocenters. The van der Waals surface area contributed by atoms with Crippen molar-refractivity contribution in [3.8, 4) is 5.75 Å². The number of methoxy groups -OCH3 is 2. The van der Waals surface area contributed by atoms with Gasteiger partial charge in [-0.3, -0.25) is 4.79 Å². The third-order valence-electron chi connectivity index (χ3n) is 3.26. The molecular formula is C13H17NO3. The van der Waals surface area contributed by atoms with E-state index in [4.69, 9.17) is 9.47 Å². The molecule has 0 spiro atoms. The van der Waals surface area contributed by atoms with E-state index in [0.717, 1.165) is 17.9 Å². The first-order chi connectivity index (χ1) is 8.26. The minimum atomic E-state index is -0.143. The van der Waals surface area contributed by atoms with Crippen molar-refractivity contribution < 1.29 is 14.3 Å². The van der Waals surface area contributed by atoms with Crippen molar-refractivity contribution in [2.75, 3.05) is 27.3 Å². The van der Waals surface area contributed by atoms with E-state index in [1.807, 2.05) is 24.3 Å². The highest BCUT2D eigenvalue weighted by Crippen LogP contribution is 2.29. The second-order valence-electron chi connectivity index (χ2n) is 4.17. The van der Waals surface area contributed by atoms with Gasteiger partial charge in [0.15, 0.2) is 0 Å². The molecular weight excluding hydrogens is 218 g/mol. The molecule has 1 aliphatic heterocycles. The molecule has 1 aromatic rings. The largest absolute Gasteiger partial charge is 0.497 e. The van der Waals surface area contributed by atoms with E-state index in [1.54, 1.807) is 7.11 Å². The third-order valence-corrected chi connectivity index (χ3v) is 3.26. The first kappa shape index (κ1) is 11.9. The minimum Gasteiger partial charge on any atom is -0.497 e. The molecule has 17 heavy (non-hydrogen) atoms. The number of carbonyl (C=O) groups excluding carboxylic acids is 1. The van der Waals surface area contributed by atoms with Gasteiger partial charge in [-0.05, 0) is 17.7 Å². The summed E-state index contributed by atoms with van der Waals surface area (Å²) in [5.74, 6) is 0.784. The van der Waals surface area contributed by atoms with Gasteiger partial charge in [-0.1, -0.05) is 12.1 Å². The lowest BCUT2D eigenvalue weighted by molar-refractivity contribution is -0.145. The zero-order valence-electron chi connectivity index (χ0n) is 10.1. The number of esters is 1. The van der Waals surface area contributed by atoms with Gasteiger partial charge in [0.2, 0.25) is 0 Å². The second kappa shape index (κ2) is 5.19. The normalized spacial score (nSPS) is 23.4. The Morgan fingerprint density at radius 3 is 2.53 bits per heavy atom. The fourth-order valence-electron chi connectivity index (χ4n) is 2.28. The first-order valence-electron chi connectivity index (χ1n) is 5.68. The average molecular weight is 235 g/mol. The predicted octanol–water partition coefficient (Wildman–Crippen LogP) is 1.17. The lowest BCUT2D eigenvalue weighted by atomic mass is 9.89. The fourth-order valence-corrected chi connectivity index (χ4v) is 2.28. The Labute approximate surface area is 101 Å². The van der Waals surface area contributed by atoms with E-state index in [2.05, 4.69) is 5.32 Å². The number of rotatable bonds is 3. The summed E-state index contributed by atoms with van der Waals surface area (Å²) in [5, 5.41) is 3.23. The van der Waals surface area contributed by atoms with E-state index in [0.29, 0.717) is 6.54 Å². The van der Waals surface area contributed by atoms with Gasteiger partial charge >= 0.3 is 5.97 Å². The highest BCUT2D eigenvalue weighted by Gasteiger charge is 2.34. The van der Waals surface area contributed by atoms with Gasteiger partial charge in [-0.15, -0.1) is 0 Å². The Morgan fingerprint density at radius 2 is 1.94 bits per heavy atom. The molecule has 4 heteroatoms. The Bertz CT molecular complexity index is 388. The lowest BCUT2D eigenvalue weighted by Gasteiger charge is -2.16. The maximum atomic E-state index is 11.6. The average Bonchev–Trinajstić information content (AvgIpc) is 2.87. The molecule has 4 nitrogen and oxygen atoms in total. The summed E-state index contributed by atoms with van der Waals surface area (Å²) in [5.41, 5.74) is 1.14. The van der Waals surface area contributed by atoms with Crippen molar-refractivity contribution in [2.24, 2.45) is 5.92 Å². The van der Waals surface area contributed by atoms with Crippen LogP contribution in [0.15, 0.2) is 24.3 Å². The summed E-state index contributed by atoms with van der Waals surface area (Å²) in [4.78, 5) is 11.6. The Balaban J connectivity index is 2.17. The molecule has 2 rings (SSSR count). The minimum absolute atomic E-state index is 0.0894. The molecule has 0 radical (unpaired) electrons. The third kappa shape index (κ3) is 2.42. The van der Waals surface area contributed by atoms with E-state index in [-0.39, 0.29) is 17.8 Å². The standard InChI is InChI=1S/C13H17NO3/c1-16-10-5-3-9(4-6-10)11-7-14-8-12(11)13(15)17-2/h3-6,11-12,14H,7-8H2,1-2H3/t11-,12-/m1/s1. The van der Waals surface area contributed by atoms with E-state index >= 15 is 0 Å². The number of hydrogen-bond donors (Lipinski definition) is 1. The van der Waals surface area contributed by atoms with Crippen LogP contribution < -0.4 is 10.1 Å². The van der Waals surface area contributed by atoms with Gasteiger partial charge in [0.05, 0.1) is 20.1 Å². The quantitative estimate of drug-likeness (QED) is 0.799. The van der Waals surface area contributed by atoms with Crippen molar-refractivity contribution in [1.29, 1.82) is 0 Å². The Kier molecular flexibility index (Phi) is 3.64. The fraction of sp³-hybridized carbons (Fsp3) is 0.462. The molecule has 92 valence electrons. The maximum absolute atomic E-state index is 11.6. The van der Waals surface area contributed by atoms with Crippen LogP contribution in [0, 0.1) is 5.92 Å². The second-order valence-corrected chi connectivity index (χ2v) is 4.17. The van der Waals surface area contributed by atoms with Crippen LogP contribution in [-0.4, -0.2) is 33.3 Å². The number of carbonyl (C=O) groups is 1. The van der Waals surface area contributed by atoms with Crippen molar-refractivity contribution in [2.45, 2.75) is 5.92 Å². The van der Waals surface area contributed by atoms with Gasteiger partial charge in [-0.2, -0.15) is 0 Å². The zero-order chi connectivity index (χ0) is 12.3. The number of hydrogen-bond acceptors (Lipinski definition) is 4. The maximum Gasteiger partial charge on any atom is 0.310 e. The van der Waals surface area contributed by atoms with Crippen molar-refractivity contribution in [1.82, 2.24) is 5.32 Å². The van der Waals surface area contributed by atoms with E-state index < -0.39 is 0 Å². The summed E-state index contributed by atoms with van der Waals surface area (Å²) in [6, 6.07) is 7.85. The van der Waals surface area contributed by atoms with Crippen LogP contribution in [0.3, 0.4) is 0 Å². The molecule has 0 aliphatic carbocycles. The van der Waals surface area contributed by atoms with Crippen LogP contribution in [0.4, 0.5) is 0 Å². The number of ether oxygens (including phenoxy) is 2. The zero-order valence-corrected chi connectivity index (χ0v) is 10.1. The molecule has 1 aromatic carbocycles. The van der Waals surface area contributed by atoms with Crippen molar-refractivity contribution in [3.05, 3.63) is 29.8 Å². The molecule has 1 aliphatic rings. The van der Waals surface area contributed by atoms with Crippen molar-refractivity contribution in [3.63, 3.8) is 0 Å². The van der Waals surface area contributed by atoms with Gasteiger partial charge in [0, 0.05) is 19.0 Å². The number of benzene rings is 1. The first-order valence-corrected chi connectivity index (χ1v) is 5.68. The highest BCUT2D eigenvalue weighted by molar-refractivity contribution is 5.74.